The fraction of sp³-hybridized carbons (Fsp3) is 0.415. The van der Waals surface area contributed by atoms with Gasteiger partial charge in [0.05, 0.1) is 0 Å². The van der Waals surface area contributed by atoms with Crippen molar-refractivity contribution in [2.24, 2.45) is 5.92 Å². The van der Waals surface area contributed by atoms with Gasteiger partial charge in [-0.15, -0.1) is 69.1 Å². The van der Waals surface area contributed by atoms with Crippen molar-refractivity contribution in [3.8, 4) is 11.1 Å². The summed E-state index contributed by atoms with van der Waals surface area (Å²) in [5.74, 6) is 1.51. The molecule has 5 aromatic rings. The summed E-state index contributed by atoms with van der Waals surface area (Å²) in [6, 6.07) is 31.8. The topological polar surface area (TPSA) is 0 Å². The Kier molecular flexibility index (Phi) is 15.9. The van der Waals surface area contributed by atoms with Crippen LogP contribution in [0.2, 0.25) is 13.1 Å². The Hall–Kier alpha value is -1.44. The summed E-state index contributed by atoms with van der Waals surface area (Å²) < 4.78 is 0. The third-order valence-corrected chi connectivity index (χ3v) is 8.72. The van der Waals surface area contributed by atoms with Crippen LogP contribution in [-0.4, -0.2) is 9.52 Å². The van der Waals surface area contributed by atoms with Crippen LogP contribution in [0, 0.1) is 12.8 Å². The van der Waals surface area contributed by atoms with Crippen LogP contribution in [0.3, 0.4) is 0 Å². The van der Waals surface area contributed by atoms with Gasteiger partial charge in [0.15, 0.2) is 0 Å². The molecular formula is C41H52Cl2SiZr. The first kappa shape index (κ1) is 38.0. The van der Waals surface area contributed by atoms with Gasteiger partial charge in [0.25, 0.3) is 0 Å². The van der Waals surface area contributed by atoms with Crippen molar-refractivity contribution >= 4 is 48.1 Å². The fourth-order valence-electron chi connectivity index (χ4n) is 6.32. The molecule has 5 aromatic carbocycles. The third-order valence-electron chi connectivity index (χ3n) is 8.72. The van der Waals surface area contributed by atoms with Crippen molar-refractivity contribution in [1.82, 2.24) is 0 Å². The van der Waals surface area contributed by atoms with Crippen molar-refractivity contribution in [3.05, 3.63) is 107 Å². The summed E-state index contributed by atoms with van der Waals surface area (Å²) in [5.41, 5.74) is 8.63. The van der Waals surface area contributed by atoms with Crippen LogP contribution in [0.1, 0.15) is 94.9 Å². The molecule has 0 bridgehead atoms. The third kappa shape index (κ3) is 11.3. The van der Waals surface area contributed by atoms with Crippen LogP contribution in [0.25, 0.3) is 32.7 Å². The van der Waals surface area contributed by atoms with E-state index < -0.39 is 20.8 Å². The Morgan fingerprint density at radius 2 is 1.40 bits per heavy atom. The minimum absolute atomic E-state index is 0.204. The molecule has 0 unspecified atom stereocenters. The van der Waals surface area contributed by atoms with Gasteiger partial charge in [-0.1, -0.05) is 134 Å². The second kappa shape index (κ2) is 18.8. The summed E-state index contributed by atoms with van der Waals surface area (Å²) in [5, 5.41) is 5.64. The number of halogens is 2. The SMILES string of the molecule is CC(C)c1cc2c(-c3ccc(C(C)(C)C)cc3)cccc2[cH-]1.C[Si]C.Cc1cc2c(CC3CCCCC3)cccc2[cH-]1.[Cl][Zr+2][Cl]. The molecule has 0 atom stereocenters. The molecule has 0 spiro atoms. The molecule has 4 heteroatoms. The maximum absolute atomic E-state index is 4.93. The zero-order valence-electron chi connectivity index (χ0n) is 28.7. The van der Waals surface area contributed by atoms with Gasteiger partial charge >= 0.3 is 37.9 Å². The average molecular weight is 735 g/mol. The van der Waals surface area contributed by atoms with Crippen LogP contribution in [-0.2, 0) is 32.7 Å². The van der Waals surface area contributed by atoms with E-state index >= 15 is 0 Å². The molecule has 0 amide bonds. The van der Waals surface area contributed by atoms with Gasteiger partial charge in [-0.05, 0) is 34.8 Å². The molecule has 0 heterocycles. The fourth-order valence-corrected chi connectivity index (χ4v) is 6.32. The maximum atomic E-state index is 4.93. The number of fused-ring (bicyclic) bond motifs is 2. The number of hydrogen-bond acceptors (Lipinski definition) is 0. The Bertz CT molecular complexity index is 1560. The van der Waals surface area contributed by atoms with E-state index in [9.17, 15) is 0 Å². The Balaban J connectivity index is 0.000000214. The minimum atomic E-state index is -0.826. The summed E-state index contributed by atoms with van der Waals surface area (Å²) in [6.45, 7) is 17.8. The van der Waals surface area contributed by atoms with Crippen molar-refractivity contribution < 1.29 is 20.8 Å². The quantitative estimate of drug-likeness (QED) is 0.127. The van der Waals surface area contributed by atoms with Crippen LogP contribution in [0.15, 0.2) is 84.9 Å². The standard InChI is InChI=1S/C22H25.C17H21.C2H6Si.2ClH.Zr/c1-15(2)18-13-17-7-6-8-20(21(17)14-18)16-9-11-19(12-10-16)22(3,4)5;1-13-10-15-8-5-9-16(17(15)11-13)12-14-6-3-2-4-7-14;1-3-2;;;/h6-15H,1-5H3;5,8-11,14H,2-4,6-7,12H2,1H3;1-2H3;2*1H;/q2*-1;;;;+4/p-2. The zero-order chi connectivity index (χ0) is 33.0. The van der Waals surface area contributed by atoms with Crippen molar-refractivity contribution in [1.29, 1.82) is 0 Å². The van der Waals surface area contributed by atoms with E-state index in [0.717, 1.165) is 15.4 Å². The van der Waals surface area contributed by atoms with Gasteiger partial charge < -0.3 is 0 Å². The average Bonchev–Trinajstić information content (AvgIpc) is 3.62. The molecule has 0 aromatic heterocycles. The molecule has 2 radical (unpaired) electrons. The first-order chi connectivity index (χ1) is 21.5. The molecular weight excluding hydrogens is 683 g/mol. The number of aryl methyl sites for hydroxylation is 1. The van der Waals surface area contributed by atoms with Gasteiger partial charge in [-0.25, -0.2) is 0 Å². The predicted molar refractivity (Wildman–Crippen MR) is 202 cm³/mol. The van der Waals surface area contributed by atoms with Gasteiger partial charge in [0, 0.05) is 9.52 Å². The van der Waals surface area contributed by atoms with Crippen LogP contribution in [0.4, 0.5) is 0 Å². The van der Waals surface area contributed by atoms with E-state index in [1.807, 2.05) is 0 Å². The molecule has 0 N–H and O–H groups in total. The van der Waals surface area contributed by atoms with Gasteiger partial charge in [-0.3, -0.25) is 0 Å². The van der Waals surface area contributed by atoms with Crippen molar-refractivity contribution in [2.75, 3.05) is 0 Å². The Labute approximate surface area is 295 Å². The summed E-state index contributed by atoms with van der Waals surface area (Å²) in [4.78, 5) is 0. The second-order valence-electron chi connectivity index (χ2n) is 13.8. The van der Waals surface area contributed by atoms with Gasteiger partial charge in [-0.2, -0.15) is 12.1 Å². The van der Waals surface area contributed by atoms with E-state index in [1.165, 1.54) is 87.9 Å². The molecule has 6 rings (SSSR count). The monoisotopic (exact) mass is 732 g/mol. The van der Waals surface area contributed by atoms with E-state index in [1.54, 1.807) is 5.56 Å². The van der Waals surface area contributed by atoms with Gasteiger partial charge in [0.2, 0.25) is 0 Å². The van der Waals surface area contributed by atoms with Crippen molar-refractivity contribution in [2.45, 2.75) is 104 Å². The molecule has 1 fully saturated rings. The molecule has 1 aliphatic carbocycles. The summed E-state index contributed by atoms with van der Waals surface area (Å²) >= 11 is -0.826. The molecule has 1 saturated carbocycles. The Morgan fingerprint density at radius 1 is 0.822 bits per heavy atom. The first-order valence-electron chi connectivity index (χ1n) is 16.5. The summed E-state index contributed by atoms with van der Waals surface area (Å²) in [7, 11) is 11.0. The zero-order valence-corrected chi connectivity index (χ0v) is 33.7. The second-order valence-corrected chi connectivity index (χ2v) is 18.5. The molecule has 1 aliphatic rings. The molecule has 238 valence electrons. The van der Waals surface area contributed by atoms with E-state index in [0.29, 0.717) is 5.92 Å². The predicted octanol–water partition coefficient (Wildman–Crippen LogP) is 13.8. The number of hydrogen-bond donors (Lipinski definition) is 0. The van der Waals surface area contributed by atoms with Crippen LogP contribution in [0.5, 0.6) is 0 Å². The molecule has 0 nitrogen and oxygen atoms in total. The van der Waals surface area contributed by atoms with Crippen LogP contribution < -0.4 is 0 Å². The number of rotatable bonds is 4. The van der Waals surface area contributed by atoms with E-state index in [-0.39, 0.29) is 5.41 Å². The van der Waals surface area contributed by atoms with Crippen molar-refractivity contribution in [3.63, 3.8) is 0 Å². The summed E-state index contributed by atoms with van der Waals surface area (Å²) in [6.07, 6.45) is 8.52. The first-order valence-corrected chi connectivity index (χ1v) is 24.8. The normalized spacial score (nSPS) is 13.3. The molecule has 0 aliphatic heterocycles. The van der Waals surface area contributed by atoms with E-state index in [4.69, 9.17) is 17.0 Å². The number of benzene rings is 3. The van der Waals surface area contributed by atoms with E-state index in [2.05, 4.69) is 140 Å². The Morgan fingerprint density at radius 3 is 1.98 bits per heavy atom. The van der Waals surface area contributed by atoms with Gasteiger partial charge in [0.1, 0.15) is 0 Å². The molecule has 0 saturated heterocycles. The molecule has 45 heavy (non-hydrogen) atoms. The van der Waals surface area contributed by atoms with Crippen LogP contribution >= 0.6 is 17.0 Å².